The lowest BCUT2D eigenvalue weighted by Crippen LogP contribution is -2.45. The van der Waals surface area contributed by atoms with Crippen LogP contribution in [0.1, 0.15) is 30.6 Å². The van der Waals surface area contributed by atoms with E-state index < -0.39 is 0 Å². The predicted molar refractivity (Wildman–Crippen MR) is 81.3 cm³/mol. The Morgan fingerprint density at radius 2 is 2.00 bits per heavy atom. The molecule has 1 fully saturated rings. The standard InChI is InChI=1S/C16H22N2O3/c1-11-7-8-18(9-15(11)20)10-16(21)17-14-5-3-13(4-6-14)12(2)19/h3-6,11,15,20H,7-10H2,1-2H3,(H,17,21). The Labute approximate surface area is 125 Å². The molecule has 114 valence electrons. The third-order valence-corrected chi connectivity index (χ3v) is 3.95. The minimum atomic E-state index is -0.360. The number of rotatable bonds is 4. The predicted octanol–water partition coefficient (Wildman–Crippen LogP) is 1.53. The first kappa shape index (κ1) is 15.7. The van der Waals surface area contributed by atoms with E-state index in [0.29, 0.717) is 23.7 Å². The molecular formula is C16H22N2O3. The average molecular weight is 290 g/mol. The van der Waals surface area contributed by atoms with Crippen molar-refractivity contribution in [2.24, 2.45) is 5.92 Å². The largest absolute Gasteiger partial charge is 0.392 e. The van der Waals surface area contributed by atoms with Crippen molar-refractivity contribution in [3.8, 4) is 0 Å². The highest BCUT2D eigenvalue weighted by atomic mass is 16.3. The molecule has 5 nitrogen and oxygen atoms in total. The number of aliphatic hydroxyl groups excluding tert-OH is 1. The maximum atomic E-state index is 12.0. The van der Waals surface area contributed by atoms with E-state index in [1.165, 1.54) is 6.92 Å². The minimum Gasteiger partial charge on any atom is -0.392 e. The number of piperidine rings is 1. The van der Waals surface area contributed by atoms with E-state index in [-0.39, 0.29) is 24.3 Å². The van der Waals surface area contributed by atoms with Crippen molar-refractivity contribution >= 4 is 17.4 Å². The fourth-order valence-electron chi connectivity index (χ4n) is 2.45. The van der Waals surface area contributed by atoms with Gasteiger partial charge in [-0.1, -0.05) is 6.92 Å². The summed E-state index contributed by atoms with van der Waals surface area (Å²) in [4.78, 5) is 25.1. The molecule has 1 amide bonds. The second-order valence-electron chi connectivity index (χ2n) is 5.75. The summed E-state index contributed by atoms with van der Waals surface area (Å²) >= 11 is 0. The number of benzene rings is 1. The average Bonchev–Trinajstić information content (AvgIpc) is 2.43. The molecule has 1 aromatic carbocycles. The van der Waals surface area contributed by atoms with Crippen LogP contribution in [-0.4, -0.2) is 47.4 Å². The monoisotopic (exact) mass is 290 g/mol. The second-order valence-corrected chi connectivity index (χ2v) is 5.75. The zero-order valence-corrected chi connectivity index (χ0v) is 12.5. The van der Waals surface area contributed by atoms with Crippen molar-refractivity contribution in [1.82, 2.24) is 4.90 Å². The van der Waals surface area contributed by atoms with Crippen LogP contribution < -0.4 is 5.32 Å². The van der Waals surface area contributed by atoms with Crippen molar-refractivity contribution in [1.29, 1.82) is 0 Å². The van der Waals surface area contributed by atoms with Gasteiger partial charge in [-0.2, -0.15) is 0 Å². The van der Waals surface area contributed by atoms with Gasteiger partial charge in [0.25, 0.3) is 0 Å². The first-order valence-corrected chi connectivity index (χ1v) is 7.27. The SMILES string of the molecule is CC(=O)c1ccc(NC(=O)CN2CCC(C)C(O)C2)cc1. The van der Waals surface area contributed by atoms with Gasteiger partial charge in [0.15, 0.2) is 5.78 Å². The van der Waals surface area contributed by atoms with Crippen LogP contribution in [0.25, 0.3) is 0 Å². The third kappa shape index (κ3) is 4.37. The maximum Gasteiger partial charge on any atom is 0.238 e. The van der Waals surface area contributed by atoms with Gasteiger partial charge in [0.05, 0.1) is 12.6 Å². The van der Waals surface area contributed by atoms with E-state index in [4.69, 9.17) is 0 Å². The molecule has 2 N–H and O–H groups in total. The third-order valence-electron chi connectivity index (χ3n) is 3.95. The lowest BCUT2D eigenvalue weighted by Gasteiger charge is -2.33. The van der Waals surface area contributed by atoms with Crippen molar-refractivity contribution < 1.29 is 14.7 Å². The molecule has 2 unspecified atom stereocenters. The summed E-state index contributed by atoms with van der Waals surface area (Å²) in [5.74, 6) is 0.195. The Hall–Kier alpha value is -1.72. The number of likely N-dealkylation sites (tertiary alicyclic amines) is 1. The summed E-state index contributed by atoms with van der Waals surface area (Å²) in [6, 6.07) is 6.85. The van der Waals surface area contributed by atoms with Crippen LogP contribution in [0.15, 0.2) is 24.3 Å². The number of Topliss-reactive ketones (excluding diaryl/α,β-unsaturated/α-hetero) is 1. The Balaban J connectivity index is 1.85. The van der Waals surface area contributed by atoms with Crippen molar-refractivity contribution in [2.45, 2.75) is 26.4 Å². The van der Waals surface area contributed by atoms with Crippen molar-refractivity contribution in [3.05, 3.63) is 29.8 Å². The van der Waals surface area contributed by atoms with Crippen LogP contribution in [0.5, 0.6) is 0 Å². The van der Waals surface area contributed by atoms with Gasteiger partial charge in [-0.25, -0.2) is 0 Å². The molecule has 5 heteroatoms. The van der Waals surface area contributed by atoms with Crippen LogP contribution in [0.3, 0.4) is 0 Å². The highest BCUT2D eigenvalue weighted by Gasteiger charge is 2.25. The lowest BCUT2D eigenvalue weighted by atomic mass is 9.96. The molecule has 21 heavy (non-hydrogen) atoms. The summed E-state index contributed by atoms with van der Waals surface area (Å²) in [7, 11) is 0. The topological polar surface area (TPSA) is 69.6 Å². The van der Waals surface area contributed by atoms with E-state index in [1.54, 1.807) is 24.3 Å². The summed E-state index contributed by atoms with van der Waals surface area (Å²) in [5.41, 5.74) is 1.30. The quantitative estimate of drug-likeness (QED) is 0.825. The van der Waals surface area contributed by atoms with Crippen LogP contribution in [0, 0.1) is 5.92 Å². The van der Waals surface area contributed by atoms with Crippen LogP contribution in [-0.2, 0) is 4.79 Å². The zero-order chi connectivity index (χ0) is 15.4. The second kappa shape index (κ2) is 6.83. The van der Waals surface area contributed by atoms with Crippen LogP contribution in [0.2, 0.25) is 0 Å². The van der Waals surface area contributed by atoms with Gasteiger partial charge >= 0.3 is 0 Å². The lowest BCUT2D eigenvalue weighted by molar-refractivity contribution is -0.118. The van der Waals surface area contributed by atoms with E-state index >= 15 is 0 Å². The minimum absolute atomic E-state index is 0.00398. The molecule has 0 saturated carbocycles. The van der Waals surface area contributed by atoms with Gasteiger partial charge in [0.1, 0.15) is 0 Å². The number of aliphatic hydroxyl groups is 1. The Bertz CT molecular complexity index is 513. The Morgan fingerprint density at radius 3 is 2.57 bits per heavy atom. The molecule has 1 aromatic rings. The van der Waals surface area contributed by atoms with E-state index in [0.717, 1.165) is 13.0 Å². The highest BCUT2D eigenvalue weighted by Crippen LogP contribution is 2.17. The molecule has 0 spiro atoms. The summed E-state index contributed by atoms with van der Waals surface area (Å²) < 4.78 is 0. The van der Waals surface area contributed by atoms with Gasteiger partial charge in [-0.05, 0) is 50.1 Å². The number of hydrogen-bond donors (Lipinski definition) is 2. The highest BCUT2D eigenvalue weighted by molar-refractivity contribution is 5.96. The van der Waals surface area contributed by atoms with Gasteiger partial charge < -0.3 is 10.4 Å². The Kier molecular flexibility index (Phi) is 5.09. The van der Waals surface area contributed by atoms with Gasteiger partial charge in [-0.3, -0.25) is 14.5 Å². The molecule has 1 aliphatic heterocycles. The fourth-order valence-corrected chi connectivity index (χ4v) is 2.45. The molecule has 0 aromatic heterocycles. The first-order valence-electron chi connectivity index (χ1n) is 7.27. The summed E-state index contributed by atoms with van der Waals surface area (Å²) in [5, 5.41) is 12.6. The van der Waals surface area contributed by atoms with Crippen LogP contribution >= 0.6 is 0 Å². The smallest absolute Gasteiger partial charge is 0.238 e. The molecular weight excluding hydrogens is 268 g/mol. The molecule has 1 heterocycles. The Morgan fingerprint density at radius 1 is 1.33 bits per heavy atom. The van der Waals surface area contributed by atoms with Gasteiger partial charge in [0.2, 0.25) is 5.91 Å². The van der Waals surface area contributed by atoms with Crippen molar-refractivity contribution in [2.75, 3.05) is 25.0 Å². The number of β-amino-alcohol motifs (C(OH)–C–C–N with tert-alkyl or cyclic N) is 1. The summed E-state index contributed by atoms with van der Waals surface area (Å²) in [6.45, 7) is 5.18. The maximum absolute atomic E-state index is 12.0. The number of nitrogens with zero attached hydrogens (tertiary/aromatic N) is 1. The van der Waals surface area contributed by atoms with Gasteiger partial charge in [0, 0.05) is 17.8 Å². The molecule has 0 aliphatic carbocycles. The number of nitrogens with one attached hydrogen (secondary N) is 1. The number of anilines is 1. The molecule has 1 saturated heterocycles. The normalized spacial score (nSPS) is 22.8. The first-order chi connectivity index (χ1) is 9.95. The molecule has 0 radical (unpaired) electrons. The number of carbonyl (C=O) groups is 2. The number of carbonyl (C=O) groups excluding carboxylic acids is 2. The number of ketones is 1. The number of hydrogen-bond acceptors (Lipinski definition) is 4. The molecule has 0 bridgehead atoms. The van der Waals surface area contributed by atoms with E-state index in [2.05, 4.69) is 5.32 Å². The van der Waals surface area contributed by atoms with Crippen LogP contribution in [0.4, 0.5) is 5.69 Å². The zero-order valence-electron chi connectivity index (χ0n) is 12.5. The molecule has 2 rings (SSSR count). The van der Waals surface area contributed by atoms with E-state index in [1.807, 2.05) is 11.8 Å². The fraction of sp³-hybridized carbons (Fsp3) is 0.500. The van der Waals surface area contributed by atoms with Crippen molar-refractivity contribution in [3.63, 3.8) is 0 Å². The van der Waals surface area contributed by atoms with Gasteiger partial charge in [-0.15, -0.1) is 0 Å². The molecule has 1 aliphatic rings. The summed E-state index contributed by atoms with van der Waals surface area (Å²) in [6.07, 6.45) is 0.545. The molecule has 2 atom stereocenters. The number of amides is 1. The van der Waals surface area contributed by atoms with E-state index in [9.17, 15) is 14.7 Å².